The third kappa shape index (κ3) is 5.54. The molecule has 0 N–H and O–H groups in total. The predicted molar refractivity (Wildman–Crippen MR) is 240 cm³/mol. The largest absolute Gasteiger partial charge is 0.228 e. The SMILES string of the molecule is CC1(c2ccccc2)c2ccccc2-c2cc(-c3cc(-c4cc(-c5ccccc5)cc(-c5cccc6c5sc5ccccc56)c4)nc(-c4ccccc4)n3)ccc21. The van der Waals surface area contributed by atoms with E-state index in [-0.39, 0.29) is 5.41 Å². The lowest BCUT2D eigenvalue weighted by Crippen LogP contribution is -2.22. The summed E-state index contributed by atoms with van der Waals surface area (Å²) in [5.41, 5.74) is 15.8. The highest BCUT2D eigenvalue weighted by Crippen LogP contribution is 2.53. The van der Waals surface area contributed by atoms with E-state index >= 15 is 0 Å². The van der Waals surface area contributed by atoms with Gasteiger partial charge in [0.1, 0.15) is 0 Å². The van der Waals surface area contributed by atoms with Crippen LogP contribution in [0.3, 0.4) is 0 Å². The molecule has 1 unspecified atom stereocenters. The summed E-state index contributed by atoms with van der Waals surface area (Å²) in [6.07, 6.45) is 0. The van der Waals surface area contributed by atoms with E-state index < -0.39 is 0 Å². The van der Waals surface area contributed by atoms with Crippen molar-refractivity contribution in [3.8, 4) is 67.3 Å². The van der Waals surface area contributed by atoms with Gasteiger partial charge in [0.15, 0.2) is 5.82 Å². The number of thiophene rings is 1. The Morgan fingerprint density at radius 2 is 0.982 bits per heavy atom. The number of rotatable bonds is 6. The van der Waals surface area contributed by atoms with Gasteiger partial charge in [-0.2, -0.15) is 0 Å². The maximum absolute atomic E-state index is 5.33. The first kappa shape index (κ1) is 33.4. The van der Waals surface area contributed by atoms with Gasteiger partial charge in [-0.1, -0.05) is 164 Å². The summed E-state index contributed by atoms with van der Waals surface area (Å²) in [6.45, 7) is 2.36. The Kier molecular flexibility index (Phi) is 7.84. The Morgan fingerprint density at radius 1 is 0.386 bits per heavy atom. The number of nitrogens with zero attached hydrogens (tertiary/aromatic N) is 2. The molecule has 57 heavy (non-hydrogen) atoms. The van der Waals surface area contributed by atoms with E-state index in [1.807, 2.05) is 17.4 Å². The molecule has 0 spiro atoms. The van der Waals surface area contributed by atoms with Crippen LogP contribution in [0.5, 0.6) is 0 Å². The smallest absolute Gasteiger partial charge is 0.160 e. The molecule has 3 heteroatoms. The lowest BCUT2D eigenvalue weighted by Gasteiger charge is -2.28. The minimum absolute atomic E-state index is 0.261. The van der Waals surface area contributed by atoms with Crippen LogP contribution in [0, 0.1) is 0 Å². The summed E-state index contributed by atoms with van der Waals surface area (Å²) in [5, 5.41) is 2.59. The fourth-order valence-corrected chi connectivity index (χ4v) is 10.1. The van der Waals surface area contributed by atoms with Crippen LogP contribution in [-0.4, -0.2) is 9.97 Å². The summed E-state index contributed by atoms with van der Waals surface area (Å²) >= 11 is 1.86. The quantitative estimate of drug-likeness (QED) is 0.169. The van der Waals surface area contributed by atoms with Crippen LogP contribution in [0.2, 0.25) is 0 Å². The Bertz CT molecular complexity index is 3130. The molecule has 0 bridgehead atoms. The maximum Gasteiger partial charge on any atom is 0.160 e. The zero-order chi connectivity index (χ0) is 37.9. The van der Waals surface area contributed by atoms with Gasteiger partial charge in [0.25, 0.3) is 0 Å². The molecule has 0 saturated heterocycles. The van der Waals surface area contributed by atoms with Crippen molar-refractivity contribution in [1.29, 1.82) is 0 Å². The second kappa shape index (κ2) is 13.4. The predicted octanol–water partition coefficient (Wildman–Crippen LogP) is 14.5. The van der Waals surface area contributed by atoms with Gasteiger partial charge in [0.05, 0.1) is 11.4 Å². The fourth-order valence-electron chi connectivity index (χ4n) is 8.91. The summed E-state index contributed by atoms with van der Waals surface area (Å²) in [7, 11) is 0. The summed E-state index contributed by atoms with van der Waals surface area (Å²) < 4.78 is 2.59. The molecule has 8 aromatic carbocycles. The molecule has 0 aliphatic heterocycles. The second-order valence-corrected chi connectivity index (χ2v) is 16.1. The summed E-state index contributed by atoms with van der Waals surface area (Å²) in [6, 6.07) is 72.2. The van der Waals surface area contributed by atoms with Gasteiger partial charge >= 0.3 is 0 Å². The molecule has 2 heterocycles. The van der Waals surface area contributed by atoms with Crippen LogP contribution < -0.4 is 0 Å². The zero-order valence-corrected chi connectivity index (χ0v) is 32.2. The number of benzene rings is 8. The van der Waals surface area contributed by atoms with Crippen molar-refractivity contribution in [3.05, 3.63) is 217 Å². The Hall–Kier alpha value is -6.94. The molecule has 2 aromatic heterocycles. The van der Waals surface area contributed by atoms with E-state index in [1.54, 1.807) is 0 Å². The first-order valence-corrected chi connectivity index (χ1v) is 20.3. The number of hydrogen-bond acceptors (Lipinski definition) is 3. The van der Waals surface area contributed by atoms with Crippen molar-refractivity contribution >= 4 is 31.5 Å². The van der Waals surface area contributed by atoms with Gasteiger partial charge in [-0.05, 0) is 93.4 Å². The Morgan fingerprint density at radius 3 is 1.79 bits per heavy atom. The standard InChI is InChI=1S/C54H36N2S/c1-54(41-20-9-4-10-21-41)47-26-13-11-22-43(47)46-33-37(28-29-48(46)54)49-34-50(56-53(55-49)36-18-7-3-8-19-36)40-31-38(35-16-5-2-6-17-35)30-39(32-40)42-24-15-25-45-44-23-12-14-27-51(44)57-52(42)45/h2-34H,1H3. The molecule has 1 aliphatic carbocycles. The third-order valence-electron chi connectivity index (χ3n) is 11.8. The number of hydrogen-bond donors (Lipinski definition) is 0. The van der Waals surface area contributed by atoms with Crippen LogP contribution >= 0.6 is 11.3 Å². The van der Waals surface area contributed by atoms with E-state index in [1.165, 1.54) is 64.7 Å². The molecule has 0 amide bonds. The van der Waals surface area contributed by atoms with Crippen molar-refractivity contribution in [2.45, 2.75) is 12.3 Å². The van der Waals surface area contributed by atoms with Gasteiger partial charge in [0.2, 0.25) is 0 Å². The van der Waals surface area contributed by atoms with Crippen molar-refractivity contribution in [1.82, 2.24) is 9.97 Å². The lowest BCUT2D eigenvalue weighted by atomic mass is 9.74. The van der Waals surface area contributed by atoms with Crippen LogP contribution in [0.1, 0.15) is 23.6 Å². The van der Waals surface area contributed by atoms with Crippen LogP contribution in [0.25, 0.3) is 87.5 Å². The van der Waals surface area contributed by atoms with Crippen molar-refractivity contribution in [2.75, 3.05) is 0 Å². The van der Waals surface area contributed by atoms with Gasteiger partial charge in [-0.15, -0.1) is 11.3 Å². The summed E-state index contributed by atoms with van der Waals surface area (Å²) in [4.78, 5) is 10.6. The molecule has 0 saturated carbocycles. The van der Waals surface area contributed by atoms with Gasteiger partial charge in [0, 0.05) is 42.3 Å². The monoisotopic (exact) mass is 744 g/mol. The van der Waals surface area contributed by atoms with Gasteiger partial charge in [-0.3, -0.25) is 0 Å². The van der Waals surface area contributed by atoms with E-state index in [0.717, 1.165) is 33.6 Å². The van der Waals surface area contributed by atoms with Crippen LogP contribution in [-0.2, 0) is 5.41 Å². The van der Waals surface area contributed by atoms with Crippen LogP contribution in [0.4, 0.5) is 0 Å². The van der Waals surface area contributed by atoms with Crippen molar-refractivity contribution < 1.29 is 0 Å². The first-order chi connectivity index (χ1) is 28.1. The van der Waals surface area contributed by atoms with E-state index in [4.69, 9.17) is 9.97 Å². The highest BCUT2D eigenvalue weighted by Gasteiger charge is 2.40. The third-order valence-corrected chi connectivity index (χ3v) is 13.0. The Balaban J connectivity index is 1.12. The molecule has 2 nitrogen and oxygen atoms in total. The second-order valence-electron chi connectivity index (χ2n) is 15.1. The Labute approximate surface area is 336 Å². The highest BCUT2D eigenvalue weighted by atomic mass is 32.1. The van der Waals surface area contributed by atoms with E-state index in [2.05, 4.69) is 201 Å². The molecule has 11 rings (SSSR count). The minimum Gasteiger partial charge on any atom is -0.228 e. The summed E-state index contributed by atoms with van der Waals surface area (Å²) in [5.74, 6) is 0.705. The molecule has 1 atom stereocenters. The topological polar surface area (TPSA) is 25.8 Å². The van der Waals surface area contributed by atoms with E-state index in [0.29, 0.717) is 5.82 Å². The molecule has 0 radical (unpaired) electrons. The van der Waals surface area contributed by atoms with Crippen LogP contribution in [0.15, 0.2) is 200 Å². The minimum atomic E-state index is -0.261. The first-order valence-electron chi connectivity index (χ1n) is 19.5. The molecular weight excluding hydrogens is 709 g/mol. The molecule has 1 aliphatic rings. The molecule has 268 valence electrons. The zero-order valence-electron chi connectivity index (χ0n) is 31.4. The van der Waals surface area contributed by atoms with Gasteiger partial charge in [-0.25, -0.2) is 9.97 Å². The van der Waals surface area contributed by atoms with Gasteiger partial charge < -0.3 is 0 Å². The van der Waals surface area contributed by atoms with E-state index in [9.17, 15) is 0 Å². The molecule has 0 fully saturated rings. The molecule has 10 aromatic rings. The number of aromatic nitrogens is 2. The highest BCUT2D eigenvalue weighted by molar-refractivity contribution is 7.26. The normalized spacial score (nSPS) is 14.5. The lowest BCUT2D eigenvalue weighted by molar-refractivity contribution is 0.714. The van der Waals surface area contributed by atoms with Crippen molar-refractivity contribution in [3.63, 3.8) is 0 Å². The molecular formula is C54H36N2S. The number of fused-ring (bicyclic) bond motifs is 6. The van der Waals surface area contributed by atoms with Crippen molar-refractivity contribution in [2.24, 2.45) is 0 Å². The average Bonchev–Trinajstić information content (AvgIpc) is 3.80. The fraction of sp³-hybridized carbons (Fsp3) is 0.0370. The maximum atomic E-state index is 5.33. The average molecular weight is 745 g/mol.